The minimum atomic E-state index is -0.852. The van der Waals surface area contributed by atoms with Gasteiger partial charge in [-0.3, -0.25) is 0 Å². The number of hydrogen-bond acceptors (Lipinski definition) is 5. The second-order valence-electron chi connectivity index (χ2n) is 9.04. The van der Waals surface area contributed by atoms with Crippen molar-refractivity contribution < 1.29 is 18.7 Å². The topological polar surface area (TPSA) is 65.7 Å². The van der Waals surface area contributed by atoms with E-state index in [2.05, 4.69) is 6.58 Å². The average molecular weight is 418 g/mol. The molecule has 0 saturated carbocycles. The molecule has 1 aliphatic heterocycles. The van der Waals surface area contributed by atoms with Crippen LogP contribution in [0.2, 0.25) is 0 Å². The van der Waals surface area contributed by atoms with Crippen molar-refractivity contribution >= 4 is 16.9 Å². The van der Waals surface area contributed by atoms with Crippen molar-refractivity contribution in [2.45, 2.75) is 51.2 Å². The van der Waals surface area contributed by atoms with Crippen molar-refractivity contribution in [1.82, 2.24) is 0 Å². The summed E-state index contributed by atoms with van der Waals surface area (Å²) in [6, 6.07) is 14.5. The lowest BCUT2D eigenvalue weighted by Crippen LogP contribution is -2.43. The highest BCUT2D eigenvalue weighted by Gasteiger charge is 2.40. The number of carbonyl (C=O) groups excluding carboxylic acids is 1. The van der Waals surface area contributed by atoms with Crippen LogP contribution < -0.4 is 10.4 Å². The van der Waals surface area contributed by atoms with Crippen molar-refractivity contribution in [2.75, 3.05) is 0 Å². The Morgan fingerprint density at radius 3 is 2.52 bits per heavy atom. The maximum absolute atomic E-state index is 12.5. The molecule has 2 aromatic carbocycles. The fourth-order valence-electron chi connectivity index (χ4n) is 3.74. The Hall–Kier alpha value is -3.34. The first-order chi connectivity index (χ1) is 14.6. The molecule has 31 heavy (non-hydrogen) atoms. The highest BCUT2D eigenvalue weighted by atomic mass is 16.6. The van der Waals surface area contributed by atoms with Crippen LogP contribution in [-0.4, -0.2) is 17.7 Å². The minimum Gasteiger partial charge on any atom is -0.485 e. The summed E-state index contributed by atoms with van der Waals surface area (Å²) in [5, 5.41) is 0.826. The van der Waals surface area contributed by atoms with Gasteiger partial charge >= 0.3 is 11.6 Å². The second kappa shape index (κ2) is 7.41. The van der Waals surface area contributed by atoms with E-state index < -0.39 is 17.0 Å². The number of allylic oxidation sites excluding steroid dienone is 1. The largest absolute Gasteiger partial charge is 0.485 e. The van der Waals surface area contributed by atoms with Crippen molar-refractivity contribution in [3.8, 4) is 5.75 Å². The van der Waals surface area contributed by atoms with Gasteiger partial charge in [-0.05, 0) is 43.7 Å². The second-order valence-corrected chi connectivity index (χ2v) is 9.04. The fourth-order valence-corrected chi connectivity index (χ4v) is 3.74. The van der Waals surface area contributed by atoms with E-state index in [0.29, 0.717) is 28.9 Å². The van der Waals surface area contributed by atoms with Crippen LogP contribution in [0, 0.1) is 0 Å². The van der Waals surface area contributed by atoms with Crippen LogP contribution in [0.5, 0.6) is 5.75 Å². The van der Waals surface area contributed by atoms with Gasteiger partial charge in [-0.15, -0.1) is 6.58 Å². The van der Waals surface area contributed by atoms with Gasteiger partial charge < -0.3 is 13.9 Å². The molecule has 0 aliphatic carbocycles. The normalized spacial score (nSPS) is 15.9. The summed E-state index contributed by atoms with van der Waals surface area (Å²) in [7, 11) is 0. The zero-order valence-corrected chi connectivity index (χ0v) is 18.2. The number of ether oxygens (including phenoxy) is 2. The molecule has 0 amide bonds. The third kappa shape index (κ3) is 3.88. The van der Waals surface area contributed by atoms with Crippen LogP contribution in [0.3, 0.4) is 0 Å². The Labute approximate surface area is 181 Å². The molecule has 1 aliphatic rings. The van der Waals surface area contributed by atoms with Gasteiger partial charge in [0.05, 0.1) is 5.56 Å². The molecule has 2 heterocycles. The highest BCUT2D eigenvalue weighted by Crippen LogP contribution is 2.38. The lowest BCUT2D eigenvalue weighted by atomic mass is 9.85. The summed E-state index contributed by atoms with van der Waals surface area (Å²) in [5.74, 6) is 0.248. The van der Waals surface area contributed by atoms with Crippen LogP contribution in [0.25, 0.3) is 11.0 Å². The molecule has 0 saturated heterocycles. The third-order valence-electron chi connectivity index (χ3n) is 5.93. The summed E-state index contributed by atoms with van der Waals surface area (Å²) in [5.41, 5.74) is 0.766. The Morgan fingerprint density at radius 2 is 1.84 bits per heavy atom. The van der Waals surface area contributed by atoms with Crippen molar-refractivity contribution in [1.29, 1.82) is 0 Å². The number of hydrogen-bond donors (Lipinski definition) is 0. The number of carbonyl (C=O) groups is 1. The lowest BCUT2D eigenvalue weighted by Gasteiger charge is -2.30. The van der Waals surface area contributed by atoms with E-state index in [1.807, 2.05) is 45.9 Å². The van der Waals surface area contributed by atoms with E-state index in [1.54, 1.807) is 36.4 Å². The Morgan fingerprint density at radius 1 is 1.13 bits per heavy atom. The van der Waals surface area contributed by atoms with E-state index >= 15 is 0 Å². The summed E-state index contributed by atoms with van der Waals surface area (Å²) >= 11 is 0. The van der Waals surface area contributed by atoms with Crippen molar-refractivity contribution in [3.63, 3.8) is 0 Å². The van der Waals surface area contributed by atoms with Gasteiger partial charge in [0.2, 0.25) is 0 Å². The lowest BCUT2D eigenvalue weighted by molar-refractivity contribution is -0.0517. The molecule has 1 aromatic heterocycles. The van der Waals surface area contributed by atoms with Gasteiger partial charge in [0.25, 0.3) is 0 Å². The van der Waals surface area contributed by atoms with Gasteiger partial charge in [0, 0.05) is 28.9 Å². The molecule has 0 fully saturated rings. The maximum Gasteiger partial charge on any atom is 0.340 e. The van der Waals surface area contributed by atoms with Crippen LogP contribution in [0.1, 0.15) is 49.2 Å². The van der Waals surface area contributed by atoms with E-state index in [4.69, 9.17) is 13.9 Å². The zero-order valence-electron chi connectivity index (χ0n) is 18.2. The standard InChI is InChI=1S/C26H26O5/c1-6-25(2,3)19-13-17-12-18-14-22(29-20(18)15-21(17)30-24(19)28)26(4,5)31-23(27)16-10-8-7-9-11-16/h6-13,15,22H,1,14H2,2-5H3/t22-/m0/s1. The van der Waals surface area contributed by atoms with Gasteiger partial charge in [-0.2, -0.15) is 0 Å². The van der Waals surface area contributed by atoms with Crippen molar-refractivity contribution in [3.05, 3.63) is 88.3 Å². The molecule has 3 aromatic rings. The first-order valence-electron chi connectivity index (χ1n) is 10.3. The quantitative estimate of drug-likeness (QED) is 0.324. The Bertz CT molecular complexity index is 1220. The molecule has 4 rings (SSSR count). The minimum absolute atomic E-state index is 0.359. The molecule has 5 nitrogen and oxygen atoms in total. The van der Waals surface area contributed by atoms with Crippen LogP contribution >= 0.6 is 0 Å². The molecular weight excluding hydrogens is 392 g/mol. The maximum atomic E-state index is 12.5. The number of fused-ring (bicyclic) bond motifs is 2. The van der Waals surface area contributed by atoms with Gasteiger partial charge in [-0.1, -0.05) is 38.1 Å². The highest BCUT2D eigenvalue weighted by molar-refractivity contribution is 5.89. The average Bonchev–Trinajstić information content (AvgIpc) is 3.15. The summed E-state index contributed by atoms with van der Waals surface area (Å²) in [6.07, 6.45) is 1.96. The van der Waals surface area contributed by atoms with E-state index in [9.17, 15) is 9.59 Å². The van der Waals surface area contributed by atoms with Crippen LogP contribution in [0.15, 0.2) is 70.4 Å². The molecule has 1 atom stereocenters. The molecule has 0 bridgehead atoms. The predicted octanol–water partition coefficient (Wildman–Crippen LogP) is 5.20. The Kier molecular flexibility index (Phi) is 5.00. The van der Waals surface area contributed by atoms with E-state index in [1.165, 1.54) is 0 Å². The molecule has 160 valence electrons. The molecule has 0 unspecified atom stereocenters. The molecule has 5 heteroatoms. The number of esters is 1. The Balaban J connectivity index is 1.62. The zero-order chi connectivity index (χ0) is 22.4. The first kappa shape index (κ1) is 20.9. The fraction of sp³-hybridized carbons (Fsp3) is 0.308. The molecule has 0 spiro atoms. The van der Waals surface area contributed by atoms with Gasteiger partial charge in [0.15, 0.2) is 0 Å². The smallest absolute Gasteiger partial charge is 0.340 e. The SMILES string of the molecule is C=CC(C)(C)c1cc2cc3c(cc2oc1=O)O[C@H](C(C)(C)OC(=O)c1ccccc1)C3. The van der Waals surface area contributed by atoms with Crippen LogP contribution in [-0.2, 0) is 16.6 Å². The van der Waals surface area contributed by atoms with E-state index in [-0.39, 0.29) is 11.7 Å². The van der Waals surface area contributed by atoms with Crippen molar-refractivity contribution in [2.24, 2.45) is 0 Å². The predicted molar refractivity (Wildman–Crippen MR) is 120 cm³/mol. The summed E-state index contributed by atoms with van der Waals surface area (Å²) in [6.45, 7) is 11.4. The summed E-state index contributed by atoms with van der Waals surface area (Å²) < 4.78 is 17.5. The van der Waals surface area contributed by atoms with Gasteiger partial charge in [-0.25, -0.2) is 9.59 Å². The van der Waals surface area contributed by atoms with E-state index in [0.717, 1.165) is 10.9 Å². The number of benzene rings is 2. The van der Waals surface area contributed by atoms with Gasteiger partial charge in [0.1, 0.15) is 23.0 Å². The first-order valence-corrected chi connectivity index (χ1v) is 10.3. The molecule has 0 radical (unpaired) electrons. The molecule has 0 N–H and O–H groups in total. The van der Waals surface area contributed by atoms with Crippen LogP contribution in [0.4, 0.5) is 0 Å². The third-order valence-corrected chi connectivity index (χ3v) is 5.93. The molecular formula is C26H26O5. The number of rotatable bonds is 5. The monoisotopic (exact) mass is 418 g/mol. The summed E-state index contributed by atoms with van der Waals surface area (Å²) in [4.78, 5) is 25.0.